The maximum Gasteiger partial charge on any atom is 0.142 e. The summed E-state index contributed by atoms with van der Waals surface area (Å²) in [5, 5.41) is 15.1. The Labute approximate surface area is 139 Å². The third-order valence-electron chi connectivity index (χ3n) is 4.18. The first kappa shape index (κ1) is 14.5. The first-order valence-corrected chi connectivity index (χ1v) is 7.76. The molecule has 0 spiro atoms. The Morgan fingerprint density at radius 1 is 0.917 bits per heavy atom. The van der Waals surface area contributed by atoms with Crippen LogP contribution in [-0.4, -0.2) is 15.2 Å². The minimum Gasteiger partial charge on any atom is -0.506 e. The van der Waals surface area contributed by atoms with Crippen LogP contribution in [0, 0.1) is 13.8 Å². The highest BCUT2D eigenvalue weighted by Crippen LogP contribution is 2.35. The van der Waals surface area contributed by atoms with Crippen LogP contribution in [0.4, 0.5) is 0 Å². The van der Waals surface area contributed by atoms with Crippen LogP contribution in [0.1, 0.15) is 11.5 Å². The maximum atomic E-state index is 9.93. The molecule has 0 saturated heterocycles. The van der Waals surface area contributed by atoms with E-state index in [9.17, 15) is 5.11 Å². The lowest BCUT2D eigenvalue weighted by Crippen LogP contribution is -1.88. The summed E-state index contributed by atoms with van der Waals surface area (Å²) in [6.45, 7) is 3.70. The summed E-state index contributed by atoms with van der Waals surface area (Å²) in [5.41, 5.74) is 5.25. The lowest BCUT2D eigenvalue weighted by atomic mass is 9.98. The molecular weight excluding hydrogens is 300 g/mol. The van der Waals surface area contributed by atoms with Gasteiger partial charge in [0, 0.05) is 10.9 Å². The molecule has 2 aromatic carbocycles. The molecule has 0 radical (unpaired) electrons. The summed E-state index contributed by atoms with van der Waals surface area (Å²) >= 11 is 0. The van der Waals surface area contributed by atoms with E-state index in [0.717, 1.165) is 39.0 Å². The van der Waals surface area contributed by atoms with Crippen LogP contribution >= 0.6 is 0 Å². The number of fused-ring (bicyclic) bond motifs is 1. The third kappa shape index (κ3) is 2.33. The van der Waals surface area contributed by atoms with E-state index in [4.69, 9.17) is 4.52 Å². The maximum absolute atomic E-state index is 9.93. The highest BCUT2D eigenvalue weighted by atomic mass is 16.5. The Morgan fingerprint density at radius 2 is 1.71 bits per heavy atom. The lowest BCUT2D eigenvalue weighted by molar-refractivity contribution is 0.400. The van der Waals surface area contributed by atoms with Gasteiger partial charge in [-0.1, -0.05) is 41.6 Å². The topological polar surface area (TPSA) is 59.2 Å². The van der Waals surface area contributed by atoms with Crippen molar-refractivity contribution in [2.24, 2.45) is 0 Å². The zero-order chi connectivity index (χ0) is 16.7. The molecule has 0 aliphatic heterocycles. The standard InChI is InChI=1S/C20H16N2O2/c1-12-18(23)11-16-10-15(8-9-17(16)21-12)19-13(2)24-22-20(19)14-6-4-3-5-7-14/h3-11,23H,1-2H3. The van der Waals surface area contributed by atoms with E-state index < -0.39 is 0 Å². The second kappa shape index (κ2) is 5.49. The fraction of sp³-hybridized carbons (Fsp3) is 0.100. The molecule has 24 heavy (non-hydrogen) atoms. The molecule has 4 heteroatoms. The number of hydrogen-bond acceptors (Lipinski definition) is 4. The lowest BCUT2D eigenvalue weighted by Gasteiger charge is -2.06. The second-order valence-corrected chi connectivity index (χ2v) is 5.83. The molecule has 1 N–H and O–H groups in total. The van der Waals surface area contributed by atoms with Gasteiger partial charge in [-0.2, -0.15) is 0 Å². The molecule has 118 valence electrons. The first-order valence-electron chi connectivity index (χ1n) is 7.76. The van der Waals surface area contributed by atoms with Crippen molar-refractivity contribution in [1.82, 2.24) is 10.1 Å². The summed E-state index contributed by atoms with van der Waals surface area (Å²) in [5.74, 6) is 0.961. The van der Waals surface area contributed by atoms with Crippen LogP contribution < -0.4 is 0 Å². The number of aromatic nitrogens is 2. The van der Waals surface area contributed by atoms with E-state index >= 15 is 0 Å². The molecule has 0 amide bonds. The number of pyridine rings is 1. The Balaban J connectivity index is 1.92. The predicted octanol–water partition coefficient (Wildman–Crippen LogP) is 4.88. The molecule has 0 aliphatic carbocycles. The van der Waals surface area contributed by atoms with Crippen molar-refractivity contribution in [3.8, 4) is 28.1 Å². The molecule has 0 unspecified atom stereocenters. The molecule has 0 bridgehead atoms. The Hall–Kier alpha value is -3.14. The van der Waals surface area contributed by atoms with Gasteiger partial charge < -0.3 is 9.63 Å². The van der Waals surface area contributed by atoms with Gasteiger partial charge in [0.15, 0.2) is 0 Å². The minimum atomic E-state index is 0.199. The van der Waals surface area contributed by atoms with E-state index in [2.05, 4.69) is 10.1 Å². The minimum absolute atomic E-state index is 0.199. The van der Waals surface area contributed by atoms with Gasteiger partial charge in [0.2, 0.25) is 0 Å². The normalized spacial score (nSPS) is 11.1. The molecule has 2 heterocycles. The Bertz CT molecular complexity index is 1040. The van der Waals surface area contributed by atoms with E-state index in [1.165, 1.54) is 0 Å². The average Bonchev–Trinajstić information content (AvgIpc) is 2.98. The number of rotatable bonds is 2. The van der Waals surface area contributed by atoms with Gasteiger partial charge in [-0.3, -0.25) is 0 Å². The number of hydrogen-bond donors (Lipinski definition) is 1. The summed E-state index contributed by atoms with van der Waals surface area (Å²) in [6, 6.07) is 17.7. The first-order chi connectivity index (χ1) is 11.6. The summed E-state index contributed by atoms with van der Waals surface area (Å²) < 4.78 is 5.44. The van der Waals surface area contributed by atoms with Crippen molar-refractivity contribution in [2.75, 3.05) is 0 Å². The number of aromatic hydroxyl groups is 1. The van der Waals surface area contributed by atoms with Gasteiger partial charge in [-0.25, -0.2) is 4.98 Å². The van der Waals surface area contributed by atoms with Crippen LogP contribution in [0.25, 0.3) is 33.3 Å². The third-order valence-corrected chi connectivity index (χ3v) is 4.18. The van der Waals surface area contributed by atoms with Crippen molar-refractivity contribution < 1.29 is 9.63 Å². The molecule has 2 aromatic heterocycles. The molecule has 4 rings (SSSR count). The fourth-order valence-electron chi connectivity index (χ4n) is 2.92. The van der Waals surface area contributed by atoms with Crippen LogP contribution in [0.2, 0.25) is 0 Å². The zero-order valence-corrected chi connectivity index (χ0v) is 13.4. The monoisotopic (exact) mass is 316 g/mol. The molecule has 0 atom stereocenters. The summed E-state index contributed by atoms with van der Waals surface area (Å²) in [4.78, 5) is 4.41. The van der Waals surface area contributed by atoms with Crippen molar-refractivity contribution in [2.45, 2.75) is 13.8 Å². The van der Waals surface area contributed by atoms with Gasteiger partial charge in [0.1, 0.15) is 17.2 Å². The van der Waals surface area contributed by atoms with Crippen molar-refractivity contribution in [3.63, 3.8) is 0 Å². The quantitative estimate of drug-likeness (QED) is 0.572. The molecule has 0 aliphatic rings. The van der Waals surface area contributed by atoms with E-state index in [0.29, 0.717) is 5.69 Å². The molecule has 4 aromatic rings. The largest absolute Gasteiger partial charge is 0.506 e. The fourth-order valence-corrected chi connectivity index (χ4v) is 2.92. The predicted molar refractivity (Wildman–Crippen MR) is 93.8 cm³/mol. The summed E-state index contributed by atoms with van der Waals surface area (Å²) in [7, 11) is 0. The van der Waals surface area contributed by atoms with Crippen molar-refractivity contribution in [1.29, 1.82) is 0 Å². The number of nitrogens with zero attached hydrogens (tertiary/aromatic N) is 2. The SMILES string of the molecule is Cc1nc2ccc(-c3c(-c4ccccc4)noc3C)cc2cc1O. The Kier molecular flexibility index (Phi) is 3.31. The van der Waals surface area contributed by atoms with Crippen LogP contribution in [0.3, 0.4) is 0 Å². The van der Waals surface area contributed by atoms with Gasteiger partial charge in [0.25, 0.3) is 0 Å². The molecule has 0 fully saturated rings. The smallest absolute Gasteiger partial charge is 0.142 e. The van der Waals surface area contributed by atoms with Gasteiger partial charge in [-0.05, 0) is 37.6 Å². The van der Waals surface area contributed by atoms with Crippen molar-refractivity contribution in [3.05, 3.63) is 66.1 Å². The Morgan fingerprint density at radius 3 is 2.50 bits per heavy atom. The highest BCUT2D eigenvalue weighted by molar-refractivity contribution is 5.89. The number of benzene rings is 2. The second-order valence-electron chi connectivity index (χ2n) is 5.83. The van der Waals surface area contributed by atoms with Crippen LogP contribution in [0.15, 0.2) is 59.1 Å². The van der Waals surface area contributed by atoms with E-state index in [1.807, 2.05) is 55.5 Å². The zero-order valence-electron chi connectivity index (χ0n) is 13.4. The van der Waals surface area contributed by atoms with Gasteiger partial charge in [-0.15, -0.1) is 0 Å². The molecule has 0 saturated carbocycles. The van der Waals surface area contributed by atoms with Crippen LogP contribution in [-0.2, 0) is 0 Å². The van der Waals surface area contributed by atoms with Gasteiger partial charge >= 0.3 is 0 Å². The van der Waals surface area contributed by atoms with Gasteiger partial charge in [0.05, 0.1) is 16.8 Å². The van der Waals surface area contributed by atoms with Crippen LogP contribution in [0.5, 0.6) is 5.75 Å². The molecule has 4 nitrogen and oxygen atoms in total. The average molecular weight is 316 g/mol. The van der Waals surface area contributed by atoms with E-state index in [-0.39, 0.29) is 5.75 Å². The number of aryl methyl sites for hydroxylation is 2. The summed E-state index contributed by atoms with van der Waals surface area (Å²) in [6.07, 6.45) is 0. The highest BCUT2D eigenvalue weighted by Gasteiger charge is 2.17. The van der Waals surface area contributed by atoms with Crippen molar-refractivity contribution >= 4 is 10.9 Å². The molecular formula is C20H16N2O2. The van der Waals surface area contributed by atoms with E-state index in [1.54, 1.807) is 13.0 Å².